The minimum absolute atomic E-state index is 0.201. The Morgan fingerprint density at radius 1 is 1.24 bits per heavy atom. The lowest BCUT2D eigenvalue weighted by Crippen LogP contribution is -2.41. The number of nitrogens with zero attached hydrogens (tertiary/aromatic N) is 2. The van der Waals surface area contributed by atoms with E-state index in [-0.39, 0.29) is 12.4 Å². The van der Waals surface area contributed by atoms with E-state index in [4.69, 9.17) is 4.74 Å². The summed E-state index contributed by atoms with van der Waals surface area (Å²) in [5.74, 6) is 0.201. The average molecular weight is 240 g/mol. The first kappa shape index (κ1) is 13.0. The molecule has 1 unspecified atom stereocenters. The summed E-state index contributed by atoms with van der Waals surface area (Å²) < 4.78 is 4.87. The van der Waals surface area contributed by atoms with Crippen molar-refractivity contribution in [3.8, 4) is 0 Å². The van der Waals surface area contributed by atoms with Gasteiger partial charge in [0.25, 0.3) is 0 Å². The molecule has 2 fully saturated rings. The fourth-order valence-electron chi connectivity index (χ4n) is 2.99. The van der Waals surface area contributed by atoms with Gasteiger partial charge in [-0.05, 0) is 32.4 Å². The van der Waals surface area contributed by atoms with Gasteiger partial charge in [0, 0.05) is 26.2 Å². The number of piperidine rings is 1. The molecule has 4 nitrogen and oxygen atoms in total. The van der Waals surface area contributed by atoms with E-state index in [0.717, 1.165) is 13.1 Å². The van der Waals surface area contributed by atoms with Crippen LogP contribution >= 0.6 is 0 Å². The number of Topliss-reactive ketones (excluding diaryl/α,β-unsaturated/α-hetero) is 1. The van der Waals surface area contributed by atoms with Crippen LogP contribution < -0.4 is 0 Å². The molecule has 2 heterocycles. The third-order valence-electron chi connectivity index (χ3n) is 3.86. The molecule has 0 aliphatic carbocycles. The molecule has 0 aromatic heterocycles. The zero-order valence-electron chi connectivity index (χ0n) is 10.9. The lowest BCUT2D eigenvalue weighted by atomic mass is 10.1. The molecule has 2 rings (SSSR count). The number of hydrogen-bond acceptors (Lipinski definition) is 4. The van der Waals surface area contributed by atoms with E-state index in [0.29, 0.717) is 12.6 Å². The highest BCUT2D eigenvalue weighted by atomic mass is 16.5. The molecule has 17 heavy (non-hydrogen) atoms. The Morgan fingerprint density at radius 3 is 2.71 bits per heavy atom. The van der Waals surface area contributed by atoms with Crippen molar-refractivity contribution < 1.29 is 9.53 Å². The number of carbonyl (C=O) groups excluding carboxylic acids is 1. The second kappa shape index (κ2) is 6.47. The van der Waals surface area contributed by atoms with Gasteiger partial charge in [-0.2, -0.15) is 0 Å². The largest absolute Gasteiger partial charge is 0.377 e. The van der Waals surface area contributed by atoms with Crippen LogP contribution in [0.25, 0.3) is 0 Å². The summed E-state index contributed by atoms with van der Waals surface area (Å²) in [6, 6.07) is 0.686. The Balaban J connectivity index is 1.73. The van der Waals surface area contributed by atoms with Gasteiger partial charge in [-0.15, -0.1) is 0 Å². The van der Waals surface area contributed by atoms with Crippen LogP contribution in [0.2, 0.25) is 0 Å². The maximum absolute atomic E-state index is 11.5. The van der Waals surface area contributed by atoms with Crippen molar-refractivity contribution in [1.29, 1.82) is 0 Å². The molecule has 0 amide bonds. The lowest BCUT2D eigenvalue weighted by molar-refractivity contribution is -0.123. The first-order chi connectivity index (χ1) is 8.29. The predicted molar refractivity (Wildman–Crippen MR) is 67.2 cm³/mol. The molecule has 0 aromatic carbocycles. The molecule has 0 radical (unpaired) electrons. The summed E-state index contributed by atoms with van der Waals surface area (Å²) in [5, 5.41) is 0. The maximum atomic E-state index is 11.5. The molecule has 0 aromatic rings. The molecule has 98 valence electrons. The van der Waals surface area contributed by atoms with E-state index in [1.807, 2.05) is 0 Å². The van der Waals surface area contributed by atoms with Crippen LogP contribution in [-0.2, 0) is 9.53 Å². The maximum Gasteiger partial charge on any atom is 0.172 e. The Bertz CT molecular complexity index is 252. The summed E-state index contributed by atoms with van der Waals surface area (Å²) in [6.07, 6.45) is 5.30. The van der Waals surface area contributed by atoms with E-state index in [2.05, 4.69) is 9.80 Å². The van der Waals surface area contributed by atoms with E-state index >= 15 is 0 Å². The molecule has 0 spiro atoms. The predicted octanol–water partition coefficient (Wildman–Crippen LogP) is 0.762. The van der Waals surface area contributed by atoms with Crippen LogP contribution in [0.5, 0.6) is 0 Å². The van der Waals surface area contributed by atoms with Gasteiger partial charge in [0.05, 0.1) is 6.54 Å². The van der Waals surface area contributed by atoms with Gasteiger partial charge in [-0.3, -0.25) is 14.6 Å². The smallest absolute Gasteiger partial charge is 0.172 e. The average Bonchev–Trinajstić information content (AvgIpc) is 2.79. The first-order valence-corrected chi connectivity index (χ1v) is 6.76. The number of likely N-dealkylation sites (tertiary alicyclic amines) is 2. The minimum Gasteiger partial charge on any atom is -0.377 e. The molecule has 2 aliphatic heterocycles. The van der Waals surface area contributed by atoms with Crippen molar-refractivity contribution in [2.45, 2.75) is 31.7 Å². The highest BCUT2D eigenvalue weighted by Gasteiger charge is 2.28. The number of hydrogen-bond donors (Lipinski definition) is 0. The standard InChI is InChI=1S/C13H24N2O2/c1-17-11-13(16)10-14-8-5-12(9-14)15-6-3-2-4-7-15/h12H,2-11H2,1H3. The molecule has 0 N–H and O–H groups in total. The zero-order valence-corrected chi connectivity index (χ0v) is 10.9. The van der Waals surface area contributed by atoms with E-state index in [1.54, 1.807) is 7.11 Å². The van der Waals surface area contributed by atoms with Crippen LogP contribution in [0.1, 0.15) is 25.7 Å². The van der Waals surface area contributed by atoms with Crippen molar-refractivity contribution in [3.05, 3.63) is 0 Å². The highest BCUT2D eigenvalue weighted by molar-refractivity contribution is 5.81. The summed E-state index contributed by atoms with van der Waals surface area (Å²) in [5.41, 5.74) is 0. The highest BCUT2D eigenvalue weighted by Crippen LogP contribution is 2.19. The third kappa shape index (κ3) is 3.76. The van der Waals surface area contributed by atoms with E-state index in [1.165, 1.54) is 38.8 Å². The Labute approximate surface area is 104 Å². The van der Waals surface area contributed by atoms with Crippen molar-refractivity contribution in [2.75, 3.05) is 46.4 Å². The monoisotopic (exact) mass is 240 g/mol. The van der Waals surface area contributed by atoms with Gasteiger partial charge in [0.15, 0.2) is 5.78 Å². The second-order valence-corrected chi connectivity index (χ2v) is 5.25. The Kier molecular flexibility index (Phi) is 4.95. The molecule has 1 atom stereocenters. The number of carbonyl (C=O) groups is 1. The first-order valence-electron chi connectivity index (χ1n) is 6.76. The Hall–Kier alpha value is -0.450. The van der Waals surface area contributed by atoms with Crippen molar-refractivity contribution >= 4 is 5.78 Å². The van der Waals surface area contributed by atoms with Crippen molar-refractivity contribution in [3.63, 3.8) is 0 Å². The van der Waals surface area contributed by atoms with Gasteiger partial charge < -0.3 is 4.74 Å². The van der Waals surface area contributed by atoms with Crippen LogP contribution in [-0.4, -0.2) is 68.1 Å². The molecule has 0 saturated carbocycles. The SMILES string of the molecule is COCC(=O)CN1CCC(N2CCCCC2)C1. The Morgan fingerprint density at radius 2 is 2.00 bits per heavy atom. The summed E-state index contributed by atoms with van der Waals surface area (Å²) in [7, 11) is 1.58. The van der Waals surface area contributed by atoms with Crippen LogP contribution in [0.3, 0.4) is 0 Å². The minimum atomic E-state index is 0.201. The van der Waals surface area contributed by atoms with Gasteiger partial charge in [-0.1, -0.05) is 6.42 Å². The molecule has 0 bridgehead atoms. The summed E-state index contributed by atoms with van der Waals surface area (Å²) in [6.45, 7) is 5.46. The van der Waals surface area contributed by atoms with Gasteiger partial charge in [-0.25, -0.2) is 0 Å². The summed E-state index contributed by atoms with van der Waals surface area (Å²) in [4.78, 5) is 16.4. The van der Waals surface area contributed by atoms with Crippen molar-refractivity contribution in [2.24, 2.45) is 0 Å². The molecular weight excluding hydrogens is 216 g/mol. The zero-order chi connectivity index (χ0) is 12.1. The van der Waals surface area contributed by atoms with Gasteiger partial charge in [0.1, 0.15) is 6.61 Å². The van der Waals surface area contributed by atoms with Crippen LogP contribution in [0.4, 0.5) is 0 Å². The number of ketones is 1. The second-order valence-electron chi connectivity index (χ2n) is 5.25. The molecule has 4 heteroatoms. The molecule has 2 aliphatic rings. The van der Waals surface area contributed by atoms with Crippen molar-refractivity contribution in [1.82, 2.24) is 9.80 Å². The third-order valence-corrected chi connectivity index (χ3v) is 3.86. The van der Waals surface area contributed by atoms with Gasteiger partial charge in [0.2, 0.25) is 0 Å². The lowest BCUT2D eigenvalue weighted by Gasteiger charge is -2.32. The quantitative estimate of drug-likeness (QED) is 0.710. The molecule has 2 saturated heterocycles. The van der Waals surface area contributed by atoms with Crippen LogP contribution in [0, 0.1) is 0 Å². The number of rotatable bonds is 5. The normalized spacial score (nSPS) is 27.5. The fourth-order valence-corrected chi connectivity index (χ4v) is 2.99. The molecular formula is C13H24N2O2. The van der Waals surface area contributed by atoms with E-state index in [9.17, 15) is 4.79 Å². The topological polar surface area (TPSA) is 32.8 Å². The number of ether oxygens (including phenoxy) is 1. The van der Waals surface area contributed by atoms with Gasteiger partial charge >= 0.3 is 0 Å². The fraction of sp³-hybridized carbons (Fsp3) is 0.923. The van der Waals surface area contributed by atoms with E-state index < -0.39 is 0 Å². The van der Waals surface area contributed by atoms with Crippen LogP contribution in [0.15, 0.2) is 0 Å². The summed E-state index contributed by atoms with van der Waals surface area (Å²) >= 11 is 0. The number of methoxy groups -OCH3 is 1.